The number of rotatable bonds is 12. The van der Waals surface area contributed by atoms with Crippen molar-refractivity contribution in [2.75, 3.05) is 0 Å². The number of carbonyl (C=O) groups is 1. The molecule has 0 rings (SSSR count). The fraction of sp³-hybridized carbons (Fsp3) is 0.933. The van der Waals surface area contributed by atoms with Crippen molar-refractivity contribution in [3.05, 3.63) is 0 Å². The van der Waals surface area contributed by atoms with Crippen LogP contribution >= 0.6 is 0 Å². The molecule has 0 fully saturated rings. The Labute approximate surface area is 117 Å². The molecule has 2 unspecified atom stereocenters. The van der Waals surface area contributed by atoms with Gasteiger partial charge in [0.1, 0.15) is 6.10 Å². The van der Waals surface area contributed by atoms with Crippen molar-refractivity contribution < 1.29 is 14.6 Å². The van der Waals surface area contributed by atoms with Crippen molar-refractivity contribution in [2.45, 2.75) is 90.4 Å². The van der Waals surface area contributed by atoms with Crippen LogP contribution in [0.5, 0.6) is 0 Å². The molecule has 0 aromatic rings. The molecule has 0 saturated carbocycles. The van der Waals surface area contributed by atoms with Crippen LogP contribution in [0.1, 0.15) is 78.1 Å². The topological polar surface area (TPSA) is 72.5 Å². The highest BCUT2D eigenvalue weighted by atomic mass is 16.6. The summed E-state index contributed by atoms with van der Waals surface area (Å²) in [6.45, 7) is 3.61. The van der Waals surface area contributed by atoms with Gasteiger partial charge in [-0.25, -0.2) is 4.79 Å². The Morgan fingerprint density at radius 1 is 1.05 bits per heavy atom. The van der Waals surface area contributed by atoms with Crippen molar-refractivity contribution >= 4 is 5.97 Å². The number of aliphatic hydroxyl groups is 1. The van der Waals surface area contributed by atoms with E-state index in [4.69, 9.17) is 15.6 Å². The maximum absolute atomic E-state index is 11.1. The fourth-order valence-electron chi connectivity index (χ4n) is 1.96. The summed E-state index contributed by atoms with van der Waals surface area (Å²) in [6, 6.07) is 0. The van der Waals surface area contributed by atoms with E-state index in [-0.39, 0.29) is 0 Å². The molecule has 3 N–H and O–H groups in total. The summed E-state index contributed by atoms with van der Waals surface area (Å²) in [6.07, 6.45) is 10.3. The maximum Gasteiger partial charge on any atom is 0.336 e. The van der Waals surface area contributed by atoms with Gasteiger partial charge in [0.2, 0.25) is 0 Å². The number of esters is 1. The second kappa shape index (κ2) is 12.4. The molecule has 4 heteroatoms. The van der Waals surface area contributed by atoms with Crippen LogP contribution in [0.3, 0.4) is 0 Å². The van der Waals surface area contributed by atoms with Gasteiger partial charge in [-0.1, -0.05) is 58.3 Å². The SMILES string of the molecule is CCCCCCCCCCCC(N)OC(=O)C(C)O. The molecule has 0 aromatic heterocycles. The normalized spacial score (nSPS) is 14.1. The third-order valence-corrected chi connectivity index (χ3v) is 3.20. The minimum absolute atomic E-state index is 0.577. The smallest absolute Gasteiger partial charge is 0.336 e. The number of aliphatic hydroxyl groups excluding tert-OH is 1. The molecule has 4 nitrogen and oxygen atoms in total. The van der Waals surface area contributed by atoms with Crippen LogP contribution in [-0.2, 0) is 9.53 Å². The lowest BCUT2D eigenvalue weighted by Gasteiger charge is -2.14. The first-order chi connectivity index (χ1) is 9.07. The molecular formula is C15H31NO3. The molecule has 0 heterocycles. The highest BCUT2D eigenvalue weighted by molar-refractivity contribution is 5.73. The van der Waals surface area contributed by atoms with E-state index in [9.17, 15) is 4.79 Å². The van der Waals surface area contributed by atoms with Gasteiger partial charge in [0.15, 0.2) is 6.23 Å². The lowest BCUT2D eigenvalue weighted by Crippen LogP contribution is -2.31. The number of carbonyl (C=O) groups excluding carboxylic acids is 1. The molecule has 0 aliphatic heterocycles. The minimum atomic E-state index is -1.09. The molecule has 2 atom stereocenters. The van der Waals surface area contributed by atoms with Gasteiger partial charge in [-0.05, 0) is 19.8 Å². The highest BCUT2D eigenvalue weighted by Gasteiger charge is 2.14. The Kier molecular flexibility index (Phi) is 12.0. The summed E-state index contributed by atoms with van der Waals surface area (Å²) in [4.78, 5) is 11.1. The number of nitrogens with two attached hydrogens (primary N) is 1. The zero-order valence-electron chi connectivity index (χ0n) is 12.6. The fourth-order valence-corrected chi connectivity index (χ4v) is 1.96. The van der Waals surface area contributed by atoms with Crippen molar-refractivity contribution in [1.29, 1.82) is 0 Å². The average Bonchev–Trinajstić information content (AvgIpc) is 2.36. The van der Waals surface area contributed by atoms with Gasteiger partial charge in [-0.3, -0.25) is 5.73 Å². The molecule has 0 saturated heterocycles. The molecule has 0 amide bonds. The zero-order valence-corrected chi connectivity index (χ0v) is 12.6. The summed E-state index contributed by atoms with van der Waals surface area (Å²) in [5, 5.41) is 8.97. The van der Waals surface area contributed by atoms with E-state index >= 15 is 0 Å². The summed E-state index contributed by atoms with van der Waals surface area (Å²) < 4.78 is 4.87. The van der Waals surface area contributed by atoms with Crippen molar-refractivity contribution in [3.8, 4) is 0 Å². The summed E-state index contributed by atoms with van der Waals surface area (Å²) >= 11 is 0. The van der Waals surface area contributed by atoms with Gasteiger partial charge in [-0.2, -0.15) is 0 Å². The van der Waals surface area contributed by atoms with Crippen LogP contribution in [0.2, 0.25) is 0 Å². The zero-order chi connectivity index (χ0) is 14.5. The van der Waals surface area contributed by atoms with Gasteiger partial charge in [0, 0.05) is 0 Å². The third kappa shape index (κ3) is 12.2. The molecule has 0 bridgehead atoms. The van der Waals surface area contributed by atoms with E-state index in [1.807, 2.05) is 0 Å². The first-order valence-electron chi connectivity index (χ1n) is 7.72. The lowest BCUT2D eigenvalue weighted by atomic mass is 10.1. The quantitative estimate of drug-likeness (QED) is 0.325. The average molecular weight is 273 g/mol. The Bertz CT molecular complexity index is 219. The molecular weight excluding hydrogens is 242 g/mol. The van der Waals surface area contributed by atoms with E-state index in [1.54, 1.807) is 0 Å². The number of unbranched alkanes of at least 4 members (excludes halogenated alkanes) is 8. The van der Waals surface area contributed by atoms with E-state index in [1.165, 1.54) is 51.9 Å². The van der Waals surface area contributed by atoms with Gasteiger partial charge < -0.3 is 9.84 Å². The molecule has 0 aliphatic carbocycles. The van der Waals surface area contributed by atoms with Crippen LogP contribution in [0.15, 0.2) is 0 Å². The number of ether oxygens (including phenoxy) is 1. The third-order valence-electron chi connectivity index (χ3n) is 3.20. The lowest BCUT2D eigenvalue weighted by molar-refractivity contribution is -0.158. The maximum atomic E-state index is 11.1. The molecule has 0 aliphatic rings. The van der Waals surface area contributed by atoms with Gasteiger partial charge in [-0.15, -0.1) is 0 Å². The largest absolute Gasteiger partial charge is 0.445 e. The van der Waals surface area contributed by atoms with Crippen LogP contribution < -0.4 is 5.73 Å². The minimum Gasteiger partial charge on any atom is -0.445 e. The molecule has 114 valence electrons. The van der Waals surface area contributed by atoms with E-state index in [0.29, 0.717) is 6.42 Å². The molecule has 0 spiro atoms. The van der Waals surface area contributed by atoms with Gasteiger partial charge >= 0.3 is 5.97 Å². The van der Waals surface area contributed by atoms with Crippen molar-refractivity contribution in [2.24, 2.45) is 5.73 Å². The van der Waals surface area contributed by atoms with Crippen molar-refractivity contribution in [1.82, 2.24) is 0 Å². The monoisotopic (exact) mass is 273 g/mol. The molecule has 19 heavy (non-hydrogen) atoms. The molecule has 0 radical (unpaired) electrons. The highest BCUT2D eigenvalue weighted by Crippen LogP contribution is 2.11. The van der Waals surface area contributed by atoms with Crippen LogP contribution in [0.25, 0.3) is 0 Å². The first-order valence-corrected chi connectivity index (χ1v) is 7.72. The first kappa shape index (κ1) is 18.4. The number of hydrogen-bond acceptors (Lipinski definition) is 4. The van der Waals surface area contributed by atoms with Gasteiger partial charge in [0.25, 0.3) is 0 Å². The van der Waals surface area contributed by atoms with E-state index < -0.39 is 18.3 Å². The standard InChI is InChI=1S/C15H31NO3/c1-3-4-5-6-7-8-9-10-11-12-14(16)19-15(18)13(2)17/h13-14,17H,3-12,16H2,1-2H3. The Morgan fingerprint density at radius 3 is 2.00 bits per heavy atom. The van der Waals surface area contributed by atoms with Crippen LogP contribution in [0, 0.1) is 0 Å². The van der Waals surface area contributed by atoms with Crippen LogP contribution in [0.4, 0.5) is 0 Å². The van der Waals surface area contributed by atoms with Crippen LogP contribution in [-0.4, -0.2) is 23.4 Å². The molecule has 0 aromatic carbocycles. The summed E-state index contributed by atoms with van der Waals surface area (Å²) in [5.74, 6) is -0.636. The number of hydrogen-bond donors (Lipinski definition) is 2. The Morgan fingerprint density at radius 2 is 1.53 bits per heavy atom. The summed E-state index contributed by atoms with van der Waals surface area (Å²) in [7, 11) is 0. The van der Waals surface area contributed by atoms with Crippen molar-refractivity contribution in [3.63, 3.8) is 0 Å². The predicted molar refractivity (Wildman–Crippen MR) is 77.6 cm³/mol. The van der Waals surface area contributed by atoms with E-state index in [0.717, 1.165) is 12.8 Å². The second-order valence-electron chi connectivity index (χ2n) is 5.27. The van der Waals surface area contributed by atoms with E-state index in [2.05, 4.69) is 6.92 Å². The predicted octanol–water partition coefficient (Wildman–Crippen LogP) is 3.12. The Hall–Kier alpha value is -0.610. The second-order valence-corrected chi connectivity index (χ2v) is 5.27. The Balaban J connectivity index is 3.27. The summed E-state index contributed by atoms with van der Waals surface area (Å²) in [5.41, 5.74) is 5.65. The van der Waals surface area contributed by atoms with Gasteiger partial charge in [0.05, 0.1) is 0 Å².